The molecular formula is C22H13Cl2N3O6S. The Morgan fingerprint density at radius 1 is 1.06 bits per heavy atom. The van der Waals surface area contributed by atoms with Gasteiger partial charge < -0.3 is 9.50 Å². The van der Waals surface area contributed by atoms with Crippen molar-refractivity contribution in [1.29, 1.82) is 5.26 Å². The van der Waals surface area contributed by atoms with Crippen LogP contribution in [0.3, 0.4) is 0 Å². The Hall–Kier alpha value is -3.91. The Labute approximate surface area is 204 Å². The summed E-state index contributed by atoms with van der Waals surface area (Å²) in [5.41, 5.74) is -0.380. The summed E-state index contributed by atoms with van der Waals surface area (Å²) in [6.07, 6.45) is 1.14. The highest BCUT2D eigenvalue weighted by molar-refractivity contribution is 7.87. The molecule has 0 heterocycles. The Balaban J connectivity index is 1.90. The number of hydrogen-bond donors (Lipinski definition) is 1. The normalized spacial score (nSPS) is 11.4. The number of carbonyl (C=O) groups excluding carboxylic acids is 1. The van der Waals surface area contributed by atoms with Gasteiger partial charge in [0.2, 0.25) is 0 Å². The molecule has 0 aliphatic heterocycles. The molecule has 0 unspecified atom stereocenters. The molecule has 0 spiro atoms. The van der Waals surface area contributed by atoms with Crippen molar-refractivity contribution < 1.29 is 22.3 Å². The number of nitro groups is 1. The first-order valence-electron chi connectivity index (χ1n) is 9.27. The van der Waals surface area contributed by atoms with Gasteiger partial charge in [-0.25, -0.2) is 0 Å². The van der Waals surface area contributed by atoms with Crippen molar-refractivity contribution in [3.8, 4) is 11.8 Å². The molecule has 0 fully saturated rings. The second kappa shape index (κ2) is 10.4. The number of carbonyl (C=O) groups is 1. The maximum absolute atomic E-state index is 12.7. The zero-order valence-corrected chi connectivity index (χ0v) is 19.3. The van der Waals surface area contributed by atoms with Crippen LogP contribution in [-0.4, -0.2) is 19.2 Å². The lowest BCUT2D eigenvalue weighted by Gasteiger charge is -2.10. The predicted molar refractivity (Wildman–Crippen MR) is 126 cm³/mol. The first-order valence-corrected chi connectivity index (χ1v) is 11.4. The zero-order chi connectivity index (χ0) is 24.9. The molecule has 0 aliphatic rings. The monoisotopic (exact) mass is 517 g/mol. The number of nitrogens with one attached hydrogen (secondary N) is 1. The average Bonchev–Trinajstić information content (AvgIpc) is 2.80. The van der Waals surface area contributed by atoms with E-state index in [9.17, 15) is 28.6 Å². The molecule has 12 heteroatoms. The van der Waals surface area contributed by atoms with E-state index in [0.717, 1.165) is 24.3 Å². The molecule has 34 heavy (non-hydrogen) atoms. The maximum atomic E-state index is 12.7. The van der Waals surface area contributed by atoms with Gasteiger partial charge in [-0.1, -0.05) is 47.5 Å². The van der Waals surface area contributed by atoms with Crippen molar-refractivity contribution in [3.63, 3.8) is 0 Å². The maximum Gasteiger partial charge on any atom is 0.339 e. The summed E-state index contributed by atoms with van der Waals surface area (Å²) < 4.78 is 30.5. The number of rotatable bonds is 7. The van der Waals surface area contributed by atoms with Crippen LogP contribution in [0.4, 0.5) is 11.4 Å². The van der Waals surface area contributed by atoms with Gasteiger partial charge in [-0.3, -0.25) is 14.9 Å². The third-order valence-corrected chi connectivity index (χ3v) is 6.25. The number of anilines is 1. The van der Waals surface area contributed by atoms with Crippen LogP contribution in [0, 0.1) is 21.4 Å². The molecule has 0 aromatic heterocycles. The Kier molecular flexibility index (Phi) is 7.53. The van der Waals surface area contributed by atoms with Crippen LogP contribution >= 0.6 is 23.2 Å². The fourth-order valence-electron chi connectivity index (χ4n) is 2.67. The van der Waals surface area contributed by atoms with Gasteiger partial charge in [0, 0.05) is 23.4 Å². The average molecular weight is 518 g/mol. The van der Waals surface area contributed by atoms with E-state index in [1.165, 1.54) is 42.5 Å². The quantitative estimate of drug-likeness (QED) is 0.149. The lowest BCUT2D eigenvalue weighted by atomic mass is 10.1. The third-order valence-electron chi connectivity index (χ3n) is 4.28. The van der Waals surface area contributed by atoms with Crippen molar-refractivity contribution in [2.75, 3.05) is 5.32 Å². The van der Waals surface area contributed by atoms with E-state index in [-0.39, 0.29) is 26.9 Å². The lowest BCUT2D eigenvalue weighted by molar-refractivity contribution is -0.385. The highest BCUT2D eigenvalue weighted by Crippen LogP contribution is 2.28. The highest BCUT2D eigenvalue weighted by Gasteiger charge is 2.21. The molecule has 172 valence electrons. The second-order valence-corrected chi connectivity index (χ2v) is 8.94. The zero-order valence-electron chi connectivity index (χ0n) is 16.9. The van der Waals surface area contributed by atoms with Crippen LogP contribution in [0.5, 0.6) is 5.75 Å². The van der Waals surface area contributed by atoms with Crippen molar-refractivity contribution in [2.24, 2.45) is 0 Å². The van der Waals surface area contributed by atoms with Crippen molar-refractivity contribution >= 4 is 56.7 Å². The number of nitro benzene ring substituents is 1. The summed E-state index contributed by atoms with van der Waals surface area (Å²) in [6.45, 7) is 0. The van der Waals surface area contributed by atoms with Gasteiger partial charge in [-0.05, 0) is 36.4 Å². The Bertz CT molecular complexity index is 1470. The van der Waals surface area contributed by atoms with Crippen LogP contribution in [0.2, 0.25) is 10.0 Å². The van der Waals surface area contributed by atoms with Gasteiger partial charge in [0.25, 0.3) is 11.6 Å². The van der Waals surface area contributed by atoms with Gasteiger partial charge in [0.1, 0.15) is 22.3 Å². The minimum absolute atomic E-state index is 0.109. The van der Waals surface area contributed by atoms with E-state index in [4.69, 9.17) is 27.4 Å². The van der Waals surface area contributed by atoms with Crippen molar-refractivity contribution in [3.05, 3.63) is 98.0 Å². The van der Waals surface area contributed by atoms with Gasteiger partial charge in [0.05, 0.1) is 15.0 Å². The highest BCUT2D eigenvalue weighted by atomic mass is 35.5. The minimum Gasteiger partial charge on any atom is -0.378 e. The molecule has 1 N–H and O–H groups in total. The molecule has 0 saturated carbocycles. The molecule has 1 amide bonds. The van der Waals surface area contributed by atoms with Crippen LogP contribution in [-0.2, 0) is 14.9 Å². The summed E-state index contributed by atoms with van der Waals surface area (Å²) in [4.78, 5) is 22.4. The number of nitriles is 1. The number of hydrogen-bond acceptors (Lipinski definition) is 7. The topological polar surface area (TPSA) is 139 Å². The first-order chi connectivity index (χ1) is 16.1. The predicted octanol–water partition coefficient (Wildman–Crippen LogP) is 5.21. The van der Waals surface area contributed by atoms with E-state index < -0.39 is 31.5 Å². The fraction of sp³-hybridized carbons (Fsp3) is 0. The number of para-hydroxylation sites is 1. The smallest absolute Gasteiger partial charge is 0.339 e. The molecule has 0 radical (unpaired) electrons. The van der Waals surface area contributed by atoms with Crippen LogP contribution < -0.4 is 9.50 Å². The summed E-state index contributed by atoms with van der Waals surface area (Å²) in [6, 6.07) is 16.2. The summed E-state index contributed by atoms with van der Waals surface area (Å²) >= 11 is 11.8. The van der Waals surface area contributed by atoms with E-state index in [1.807, 2.05) is 0 Å². The van der Waals surface area contributed by atoms with Crippen LogP contribution in [0.25, 0.3) is 6.08 Å². The van der Waals surface area contributed by atoms with E-state index in [2.05, 4.69) is 5.32 Å². The van der Waals surface area contributed by atoms with Gasteiger partial charge in [0.15, 0.2) is 0 Å². The van der Waals surface area contributed by atoms with Crippen LogP contribution in [0.1, 0.15) is 5.56 Å². The number of benzene rings is 3. The van der Waals surface area contributed by atoms with Gasteiger partial charge in [-0.15, -0.1) is 0 Å². The van der Waals surface area contributed by atoms with Crippen molar-refractivity contribution in [1.82, 2.24) is 0 Å². The van der Waals surface area contributed by atoms with E-state index in [1.54, 1.807) is 12.1 Å². The molecule has 3 aromatic rings. The summed E-state index contributed by atoms with van der Waals surface area (Å²) in [5.74, 6) is -0.971. The SMILES string of the molecule is N#C/C(=C/c1ccccc1OS(=O)(=O)c1cccc([N+](=O)[O-])c1)C(=O)Nc1ccc(Cl)c(Cl)c1. The Morgan fingerprint density at radius 3 is 2.47 bits per heavy atom. The van der Waals surface area contributed by atoms with Crippen molar-refractivity contribution in [2.45, 2.75) is 4.90 Å². The molecule has 3 rings (SSSR count). The lowest BCUT2D eigenvalue weighted by Crippen LogP contribution is -2.14. The first kappa shape index (κ1) is 24.7. The largest absolute Gasteiger partial charge is 0.378 e. The van der Waals surface area contributed by atoms with Gasteiger partial charge in [-0.2, -0.15) is 13.7 Å². The second-order valence-electron chi connectivity index (χ2n) is 6.58. The molecule has 0 atom stereocenters. The molecular weight excluding hydrogens is 505 g/mol. The summed E-state index contributed by atoms with van der Waals surface area (Å²) in [5, 5.41) is 23.4. The van der Waals surface area contributed by atoms with E-state index in [0.29, 0.717) is 5.69 Å². The number of amides is 1. The minimum atomic E-state index is -4.46. The summed E-state index contributed by atoms with van der Waals surface area (Å²) in [7, 11) is -4.46. The molecule has 0 saturated heterocycles. The molecule has 3 aromatic carbocycles. The number of nitrogens with zero attached hydrogens (tertiary/aromatic N) is 2. The molecule has 0 aliphatic carbocycles. The standard InChI is InChI=1S/C22H13Cl2N3O6S/c23-19-9-8-16(11-20(19)24)26-22(28)15(13-25)10-14-4-1-2-7-21(14)33-34(31,32)18-6-3-5-17(12-18)27(29)30/h1-12H,(H,26,28)/b15-10-. The Morgan fingerprint density at radius 2 is 1.79 bits per heavy atom. The van der Waals surface area contributed by atoms with Crippen LogP contribution in [0.15, 0.2) is 77.2 Å². The van der Waals surface area contributed by atoms with E-state index >= 15 is 0 Å². The molecule has 0 bridgehead atoms. The third kappa shape index (κ3) is 5.90. The number of non-ortho nitro benzene ring substituents is 1. The number of halogens is 2. The fourth-order valence-corrected chi connectivity index (χ4v) is 3.96. The molecule has 9 nitrogen and oxygen atoms in total. The van der Waals surface area contributed by atoms with Gasteiger partial charge >= 0.3 is 10.1 Å².